The minimum absolute atomic E-state index is 0.00832. The Morgan fingerprint density at radius 1 is 1.43 bits per heavy atom. The number of ether oxygens (including phenoxy) is 1. The Kier molecular flexibility index (Phi) is 4.86. The molecule has 1 aliphatic rings. The number of hydrogen-bond donors (Lipinski definition) is 1. The highest BCUT2D eigenvalue weighted by molar-refractivity contribution is 5.81. The maximum absolute atomic E-state index is 12.2. The number of hydrogen-bond acceptors (Lipinski definition) is 2. The molecular weight excluding hydrogens is 290 g/mol. The molecule has 0 radical (unpaired) electrons. The second-order valence-corrected chi connectivity index (χ2v) is 6.34. The zero-order chi connectivity index (χ0) is 16.2. The lowest BCUT2D eigenvalue weighted by molar-refractivity contribution is 0.171. The number of para-hydroxylation sites is 1. The van der Waals surface area contributed by atoms with E-state index in [0.29, 0.717) is 12.5 Å². The van der Waals surface area contributed by atoms with E-state index in [0.717, 1.165) is 32.7 Å². The lowest BCUT2D eigenvalue weighted by atomic mass is 10.1. The van der Waals surface area contributed by atoms with Crippen LogP contribution in [0.4, 0.5) is 4.79 Å². The molecule has 0 aliphatic carbocycles. The monoisotopic (exact) mass is 315 g/mol. The lowest BCUT2D eigenvalue weighted by Crippen LogP contribution is -2.41. The zero-order valence-corrected chi connectivity index (χ0v) is 13.9. The summed E-state index contributed by atoms with van der Waals surface area (Å²) < 4.78 is 7.61. The second-order valence-electron chi connectivity index (χ2n) is 6.34. The highest BCUT2D eigenvalue weighted by atomic mass is 16.5. The Hall–Kier alpha value is -2.01. The molecule has 2 heterocycles. The van der Waals surface area contributed by atoms with Crippen LogP contribution in [0.5, 0.6) is 0 Å². The SMILES string of the molecule is Cc1cc2ccccc2n1CCNC(=O)N(C)CC1CCOC1. The smallest absolute Gasteiger partial charge is 0.317 e. The average Bonchev–Trinajstić information content (AvgIpc) is 3.15. The Morgan fingerprint density at radius 2 is 2.26 bits per heavy atom. The summed E-state index contributed by atoms with van der Waals surface area (Å²) in [6.45, 7) is 5.87. The summed E-state index contributed by atoms with van der Waals surface area (Å²) in [6, 6.07) is 10.5. The van der Waals surface area contributed by atoms with Crippen molar-refractivity contribution in [3.8, 4) is 0 Å². The van der Waals surface area contributed by atoms with Crippen LogP contribution < -0.4 is 5.32 Å². The highest BCUT2D eigenvalue weighted by Gasteiger charge is 2.19. The zero-order valence-electron chi connectivity index (χ0n) is 13.9. The van der Waals surface area contributed by atoms with E-state index in [-0.39, 0.29) is 6.03 Å². The van der Waals surface area contributed by atoms with Gasteiger partial charge in [-0.3, -0.25) is 0 Å². The van der Waals surface area contributed by atoms with Crippen LogP contribution in [0.1, 0.15) is 12.1 Å². The molecule has 124 valence electrons. The summed E-state index contributed by atoms with van der Waals surface area (Å²) in [5.41, 5.74) is 2.44. The number of aryl methyl sites for hydroxylation is 1. The molecule has 1 N–H and O–H groups in total. The van der Waals surface area contributed by atoms with E-state index in [4.69, 9.17) is 4.74 Å². The van der Waals surface area contributed by atoms with Gasteiger partial charge in [0, 0.05) is 50.4 Å². The maximum Gasteiger partial charge on any atom is 0.317 e. The molecule has 0 bridgehead atoms. The predicted molar refractivity (Wildman–Crippen MR) is 91.6 cm³/mol. The van der Waals surface area contributed by atoms with Gasteiger partial charge in [-0.1, -0.05) is 18.2 Å². The molecule has 5 heteroatoms. The molecular formula is C18H25N3O2. The number of benzene rings is 1. The molecule has 5 nitrogen and oxygen atoms in total. The third kappa shape index (κ3) is 3.67. The number of carbonyl (C=O) groups is 1. The fourth-order valence-corrected chi connectivity index (χ4v) is 3.25. The number of fused-ring (bicyclic) bond motifs is 1. The van der Waals surface area contributed by atoms with Crippen LogP contribution in [0.2, 0.25) is 0 Å². The molecule has 1 aliphatic heterocycles. The van der Waals surface area contributed by atoms with Gasteiger partial charge in [-0.05, 0) is 30.9 Å². The molecule has 23 heavy (non-hydrogen) atoms. The first-order valence-electron chi connectivity index (χ1n) is 8.26. The van der Waals surface area contributed by atoms with Crippen molar-refractivity contribution in [2.45, 2.75) is 19.9 Å². The van der Waals surface area contributed by atoms with E-state index in [1.54, 1.807) is 4.90 Å². The first-order chi connectivity index (χ1) is 11.1. The van der Waals surface area contributed by atoms with Crippen LogP contribution >= 0.6 is 0 Å². The first-order valence-corrected chi connectivity index (χ1v) is 8.26. The summed E-state index contributed by atoms with van der Waals surface area (Å²) >= 11 is 0. The van der Waals surface area contributed by atoms with Gasteiger partial charge in [0.15, 0.2) is 0 Å². The fraction of sp³-hybridized carbons (Fsp3) is 0.500. The highest BCUT2D eigenvalue weighted by Crippen LogP contribution is 2.18. The van der Waals surface area contributed by atoms with E-state index in [2.05, 4.69) is 41.1 Å². The topological polar surface area (TPSA) is 46.5 Å². The number of rotatable bonds is 5. The number of urea groups is 1. The third-order valence-electron chi connectivity index (χ3n) is 4.53. The van der Waals surface area contributed by atoms with Crippen LogP contribution in [-0.2, 0) is 11.3 Å². The number of nitrogens with zero attached hydrogens (tertiary/aromatic N) is 2. The minimum Gasteiger partial charge on any atom is -0.381 e. The standard InChI is InChI=1S/C18H25N3O2/c1-14-11-16-5-3-4-6-17(16)21(14)9-8-19-18(22)20(2)12-15-7-10-23-13-15/h3-6,11,15H,7-10,12-13H2,1-2H3,(H,19,22). The third-order valence-corrected chi connectivity index (χ3v) is 4.53. The molecule has 1 saturated heterocycles. The molecule has 1 atom stereocenters. The summed E-state index contributed by atoms with van der Waals surface area (Å²) in [5.74, 6) is 0.474. The van der Waals surface area contributed by atoms with Crippen molar-refractivity contribution in [2.24, 2.45) is 5.92 Å². The summed E-state index contributed by atoms with van der Waals surface area (Å²) in [6.07, 6.45) is 1.05. The fourth-order valence-electron chi connectivity index (χ4n) is 3.25. The predicted octanol–water partition coefficient (Wildman–Crippen LogP) is 2.63. The van der Waals surface area contributed by atoms with Crippen LogP contribution in [0.3, 0.4) is 0 Å². The van der Waals surface area contributed by atoms with Crippen LogP contribution in [0.25, 0.3) is 10.9 Å². The molecule has 0 spiro atoms. The van der Waals surface area contributed by atoms with Gasteiger partial charge in [0.2, 0.25) is 0 Å². The first kappa shape index (κ1) is 15.9. The van der Waals surface area contributed by atoms with Gasteiger partial charge in [0.1, 0.15) is 0 Å². The second kappa shape index (κ2) is 7.04. The van der Waals surface area contributed by atoms with Crippen molar-refractivity contribution < 1.29 is 9.53 Å². The minimum atomic E-state index is -0.00832. The van der Waals surface area contributed by atoms with Gasteiger partial charge in [-0.15, -0.1) is 0 Å². The number of aromatic nitrogens is 1. The van der Waals surface area contributed by atoms with Crippen molar-refractivity contribution in [3.63, 3.8) is 0 Å². The van der Waals surface area contributed by atoms with Gasteiger partial charge in [0.05, 0.1) is 6.61 Å². The number of amides is 2. The molecule has 3 rings (SSSR count). The van der Waals surface area contributed by atoms with Crippen molar-refractivity contribution in [3.05, 3.63) is 36.0 Å². The molecule has 1 aromatic carbocycles. The van der Waals surface area contributed by atoms with Gasteiger partial charge in [-0.2, -0.15) is 0 Å². The van der Waals surface area contributed by atoms with Crippen molar-refractivity contribution in [1.82, 2.24) is 14.8 Å². The Labute approximate surface area is 137 Å². The van der Waals surface area contributed by atoms with Crippen LogP contribution in [-0.4, -0.2) is 48.8 Å². The quantitative estimate of drug-likeness (QED) is 0.922. The molecule has 1 unspecified atom stereocenters. The average molecular weight is 315 g/mol. The maximum atomic E-state index is 12.2. The molecule has 0 saturated carbocycles. The normalized spacial score (nSPS) is 17.6. The Bertz CT molecular complexity index is 674. The van der Waals surface area contributed by atoms with Gasteiger partial charge < -0.3 is 19.5 Å². The molecule has 1 aromatic heterocycles. The van der Waals surface area contributed by atoms with Gasteiger partial charge >= 0.3 is 6.03 Å². The van der Waals surface area contributed by atoms with Crippen molar-refractivity contribution >= 4 is 16.9 Å². The van der Waals surface area contributed by atoms with Crippen LogP contribution in [0.15, 0.2) is 30.3 Å². The van der Waals surface area contributed by atoms with Gasteiger partial charge in [0.25, 0.3) is 0 Å². The Balaban J connectivity index is 1.51. The van der Waals surface area contributed by atoms with E-state index >= 15 is 0 Å². The van der Waals surface area contributed by atoms with Gasteiger partial charge in [-0.25, -0.2) is 4.79 Å². The number of carbonyl (C=O) groups excluding carboxylic acids is 1. The lowest BCUT2D eigenvalue weighted by Gasteiger charge is -2.21. The summed E-state index contributed by atoms with van der Waals surface area (Å²) in [5, 5.41) is 4.26. The largest absolute Gasteiger partial charge is 0.381 e. The van der Waals surface area contributed by atoms with E-state index < -0.39 is 0 Å². The van der Waals surface area contributed by atoms with E-state index in [1.165, 1.54) is 16.6 Å². The van der Waals surface area contributed by atoms with E-state index in [9.17, 15) is 4.79 Å². The molecule has 2 amide bonds. The van der Waals surface area contributed by atoms with E-state index in [1.807, 2.05) is 13.1 Å². The summed E-state index contributed by atoms with van der Waals surface area (Å²) in [4.78, 5) is 13.9. The molecule has 2 aromatic rings. The number of nitrogens with one attached hydrogen (secondary N) is 1. The molecule has 1 fully saturated rings. The Morgan fingerprint density at radius 3 is 3.04 bits per heavy atom. The summed E-state index contributed by atoms with van der Waals surface area (Å²) in [7, 11) is 1.85. The van der Waals surface area contributed by atoms with Crippen molar-refractivity contribution in [2.75, 3.05) is 33.4 Å². The van der Waals surface area contributed by atoms with Crippen molar-refractivity contribution in [1.29, 1.82) is 0 Å². The van der Waals surface area contributed by atoms with Crippen LogP contribution in [0, 0.1) is 12.8 Å².